The number of imidazole rings is 1. The second kappa shape index (κ2) is 14.8. The van der Waals surface area contributed by atoms with E-state index >= 15 is 0 Å². The zero-order valence-electron chi connectivity index (χ0n) is 31.8. The second-order valence-electron chi connectivity index (χ2n) is 14.9. The number of aromatic nitrogens is 2. The average Bonchev–Trinajstić information content (AvgIpc) is 3.67. The first-order valence-electron chi connectivity index (χ1n) is 19.8. The first kappa shape index (κ1) is 34.3. The Hall–Kier alpha value is -7.23. The molecule has 3 nitrogen and oxygen atoms in total. The van der Waals surface area contributed by atoms with Crippen molar-refractivity contribution in [3.8, 4) is 44.8 Å². The van der Waals surface area contributed by atoms with E-state index in [1.807, 2.05) is 0 Å². The third-order valence-corrected chi connectivity index (χ3v) is 11.2. The molecule has 57 heavy (non-hydrogen) atoms. The maximum atomic E-state index is 5.09. The van der Waals surface area contributed by atoms with Crippen LogP contribution in [0.3, 0.4) is 0 Å². The van der Waals surface area contributed by atoms with E-state index in [1.165, 1.54) is 49.9 Å². The van der Waals surface area contributed by atoms with Gasteiger partial charge in [0.25, 0.3) is 0 Å². The maximum Gasteiger partial charge on any atom is 0.145 e. The largest absolute Gasteiger partial charge is 0.310 e. The van der Waals surface area contributed by atoms with Crippen LogP contribution in [0.4, 0.5) is 17.1 Å². The van der Waals surface area contributed by atoms with Crippen molar-refractivity contribution in [2.75, 3.05) is 4.90 Å². The van der Waals surface area contributed by atoms with E-state index in [9.17, 15) is 0 Å². The van der Waals surface area contributed by atoms with Crippen LogP contribution in [0, 0.1) is 5.92 Å². The predicted molar refractivity (Wildman–Crippen MR) is 241 cm³/mol. The van der Waals surface area contributed by atoms with Crippen LogP contribution in [0.25, 0.3) is 72.3 Å². The molecule has 0 aliphatic heterocycles. The molecule has 0 radical (unpaired) electrons. The Morgan fingerprint density at radius 1 is 0.491 bits per heavy atom. The lowest BCUT2D eigenvalue weighted by molar-refractivity contribution is 0.727. The molecule has 0 bridgehead atoms. The van der Waals surface area contributed by atoms with E-state index in [1.54, 1.807) is 0 Å². The first-order valence-corrected chi connectivity index (χ1v) is 19.8. The molecule has 10 rings (SSSR count). The molecule has 1 aliphatic rings. The van der Waals surface area contributed by atoms with E-state index in [0.717, 1.165) is 45.9 Å². The highest BCUT2D eigenvalue weighted by Crippen LogP contribution is 2.40. The van der Waals surface area contributed by atoms with Gasteiger partial charge in [-0.05, 0) is 99.6 Å². The molecular formula is C54H41N3. The monoisotopic (exact) mass is 731 g/mol. The summed E-state index contributed by atoms with van der Waals surface area (Å²) >= 11 is 0. The van der Waals surface area contributed by atoms with Crippen molar-refractivity contribution in [1.29, 1.82) is 0 Å². The number of benzene rings is 8. The Morgan fingerprint density at radius 2 is 1.00 bits per heavy atom. The molecule has 9 aromatic rings. The third-order valence-electron chi connectivity index (χ3n) is 11.2. The number of nitrogens with zero attached hydrogens (tertiary/aromatic N) is 3. The van der Waals surface area contributed by atoms with Crippen LogP contribution < -0.4 is 4.90 Å². The average molecular weight is 732 g/mol. The Morgan fingerprint density at radius 3 is 1.63 bits per heavy atom. The minimum absolute atomic E-state index is 0.499. The van der Waals surface area contributed by atoms with Crippen LogP contribution >= 0.6 is 0 Å². The Kier molecular flexibility index (Phi) is 8.89. The molecule has 1 atom stereocenters. The number of para-hydroxylation sites is 3. The summed E-state index contributed by atoms with van der Waals surface area (Å²) < 4.78 is 2.34. The molecule has 0 N–H and O–H groups in total. The molecular weight excluding hydrogens is 691 g/mol. The van der Waals surface area contributed by atoms with Gasteiger partial charge in [0.2, 0.25) is 0 Å². The molecule has 1 aromatic heterocycles. The lowest BCUT2D eigenvalue weighted by atomic mass is 9.97. The number of fused-ring (bicyclic) bond motifs is 2. The van der Waals surface area contributed by atoms with E-state index in [2.05, 4.69) is 229 Å². The number of rotatable bonds is 8. The summed E-state index contributed by atoms with van der Waals surface area (Å²) in [5.74, 6) is 1.49. The maximum absolute atomic E-state index is 5.09. The molecule has 0 fully saturated rings. The summed E-state index contributed by atoms with van der Waals surface area (Å²) in [7, 11) is 0. The number of anilines is 3. The number of hydrogen-bond donors (Lipinski definition) is 0. The van der Waals surface area contributed by atoms with Crippen LogP contribution in [0.5, 0.6) is 0 Å². The molecule has 0 saturated carbocycles. The summed E-state index contributed by atoms with van der Waals surface area (Å²) in [4.78, 5) is 7.44. The third kappa shape index (κ3) is 6.64. The van der Waals surface area contributed by atoms with Gasteiger partial charge in [-0.25, -0.2) is 4.98 Å². The van der Waals surface area contributed by atoms with E-state index in [-0.39, 0.29) is 0 Å². The van der Waals surface area contributed by atoms with E-state index in [0.29, 0.717) is 5.92 Å². The fourth-order valence-electron chi connectivity index (χ4n) is 8.23. The van der Waals surface area contributed by atoms with Crippen LogP contribution in [0.15, 0.2) is 212 Å². The van der Waals surface area contributed by atoms with Crippen molar-refractivity contribution >= 4 is 44.6 Å². The van der Waals surface area contributed by atoms with Crippen molar-refractivity contribution in [2.45, 2.75) is 13.3 Å². The normalized spacial score (nSPS) is 13.8. The van der Waals surface area contributed by atoms with Gasteiger partial charge in [-0.3, -0.25) is 4.57 Å². The quantitative estimate of drug-likeness (QED) is 0.155. The highest BCUT2D eigenvalue weighted by molar-refractivity contribution is 5.99. The minimum atomic E-state index is 0.499. The summed E-state index contributed by atoms with van der Waals surface area (Å²) in [5, 5.41) is 2.45. The fraction of sp³-hybridized carbons (Fsp3) is 0.0556. The number of allylic oxidation sites excluding steroid dienone is 4. The molecule has 1 heterocycles. The van der Waals surface area contributed by atoms with Gasteiger partial charge in [0.1, 0.15) is 5.82 Å². The zero-order valence-corrected chi connectivity index (χ0v) is 31.8. The van der Waals surface area contributed by atoms with Gasteiger partial charge in [0.15, 0.2) is 0 Å². The van der Waals surface area contributed by atoms with Crippen LogP contribution in [0.1, 0.15) is 13.3 Å². The van der Waals surface area contributed by atoms with Gasteiger partial charge < -0.3 is 4.90 Å². The Balaban J connectivity index is 0.876. The SMILES string of the molecule is CC1C=CC=C(n2c(-c3ccc(-c4ccc(-c5ccc(-c6ccc(N(c7ccccc7)c7cccc8ccccc78)cc6)cc5)cc4)cc3)nc3ccccc32)C1. The van der Waals surface area contributed by atoms with Crippen molar-refractivity contribution in [3.63, 3.8) is 0 Å². The van der Waals surface area contributed by atoms with E-state index < -0.39 is 0 Å². The van der Waals surface area contributed by atoms with Crippen LogP contribution in [-0.2, 0) is 0 Å². The van der Waals surface area contributed by atoms with Crippen molar-refractivity contribution < 1.29 is 0 Å². The van der Waals surface area contributed by atoms with Crippen LogP contribution in [-0.4, -0.2) is 9.55 Å². The molecule has 3 heteroatoms. The molecule has 0 saturated heterocycles. The summed E-state index contributed by atoms with van der Waals surface area (Å²) in [6.07, 6.45) is 7.66. The lowest BCUT2D eigenvalue weighted by Gasteiger charge is -2.27. The van der Waals surface area contributed by atoms with Crippen LogP contribution in [0.2, 0.25) is 0 Å². The molecule has 1 aliphatic carbocycles. The highest BCUT2D eigenvalue weighted by atomic mass is 15.1. The van der Waals surface area contributed by atoms with Crippen molar-refractivity contribution in [1.82, 2.24) is 9.55 Å². The van der Waals surface area contributed by atoms with Crippen molar-refractivity contribution in [3.05, 3.63) is 212 Å². The molecule has 1 unspecified atom stereocenters. The standard InChI is InChI=1S/C54H41N3/c1-38-11-9-16-49(37-38)57-53-19-8-7-18-51(53)55-54(57)46-31-29-43(30-32-46)41-23-21-39(22-24-41)40-25-27-42(28-26-40)44-33-35-48(36-34-44)56(47-14-3-2-4-15-47)52-20-10-13-45-12-5-6-17-50(45)52/h2-36,38H,37H2,1H3. The smallest absolute Gasteiger partial charge is 0.145 e. The lowest BCUT2D eigenvalue weighted by Crippen LogP contribution is -2.10. The second-order valence-corrected chi connectivity index (χ2v) is 14.9. The predicted octanol–water partition coefficient (Wildman–Crippen LogP) is 14.8. The van der Waals surface area contributed by atoms with Gasteiger partial charge in [0.05, 0.1) is 16.7 Å². The Bertz CT molecular complexity index is 2890. The Labute approximate surface area is 334 Å². The summed E-state index contributed by atoms with van der Waals surface area (Å²) in [6.45, 7) is 2.27. The topological polar surface area (TPSA) is 21.1 Å². The van der Waals surface area contributed by atoms with Gasteiger partial charge in [-0.1, -0.05) is 171 Å². The van der Waals surface area contributed by atoms with Gasteiger partial charge in [-0.15, -0.1) is 0 Å². The van der Waals surface area contributed by atoms with Gasteiger partial charge >= 0.3 is 0 Å². The zero-order chi connectivity index (χ0) is 38.1. The van der Waals surface area contributed by atoms with Crippen molar-refractivity contribution in [2.24, 2.45) is 5.92 Å². The molecule has 0 amide bonds. The summed E-state index contributed by atoms with van der Waals surface area (Å²) in [6, 6.07) is 69.7. The molecule has 0 spiro atoms. The first-order chi connectivity index (χ1) is 28.2. The highest BCUT2D eigenvalue weighted by Gasteiger charge is 2.19. The summed E-state index contributed by atoms with van der Waals surface area (Å²) in [5.41, 5.74) is 15.1. The molecule has 272 valence electrons. The van der Waals surface area contributed by atoms with Gasteiger partial charge in [0, 0.05) is 28.0 Å². The number of hydrogen-bond acceptors (Lipinski definition) is 2. The minimum Gasteiger partial charge on any atom is -0.310 e. The fourth-order valence-corrected chi connectivity index (χ4v) is 8.23. The van der Waals surface area contributed by atoms with E-state index in [4.69, 9.17) is 4.98 Å². The van der Waals surface area contributed by atoms with Gasteiger partial charge in [-0.2, -0.15) is 0 Å². The molecule has 8 aromatic carbocycles.